The standard InChI is InChI=1S/C27H40N4O4/c1-27(2,3)35-26(33)30-15-19(14-21(28)18-30)25(32)31(22-10-11-22)17-20-16-29(12-7-13-34-4)24-9-6-5-8-23(20)24/h5-6,8-9,16,19,21-22H,7,10-15,17-18,28H2,1-4H3. The van der Waals surface area contributed by atoms with Gasteiger partial charge in [-0.05, 0) is 58.1 Å². The van der Waals surface area contributed by atoms with E-state index in [1.807, 2.05) is 31.7 Å². The van der Waals surface area contributed by atoms with E-state index in [4.69, 9.17) is 15.2 Å². The number of hydrogen-bond donors (Lipinski definition) is 1. The van der Waals surface area contributed by atoms with Crippen LogP contribution in [-0.4, -0.2) is 70.9 Å². The van der Waals surface area contributed by atoms with Crippen molar-refractivity contribution in [3.63, 3.8) is 0 Å². The van der Waals surface area contributed by atoms with E-state index in [9.17, 15) is 9.59 Å². The zero-order valence-electron chi connectivity index (χ0n) is 21.5. The van der Waals surface area contributed by atoms with Crippen molar-refractivity contribution in [2.75, 3.05) is 26.8 Å². The van der Waals surface area contributed by atoms with Crippen LogP contribution < -0.4 is 5.73 Å². The van der Waals surface area contributed by atoms with Crippen molar-refractivity contribution in [2.45, 2.75) is 77.2 Å². The van der Waals surface area contributed by atoms with E-state index < -0.39 is 11.7 Å². The van der Waals surface area contributed by atoms with Crippen LogP contribution in [0.1, 0.15) is 52.0 Å². The van der Waals surface area contributed by atoms with E-state index in [1.54, 1.807) is 12.0 Å². The van der Waals surface area contributed by atoms with Crippen LogP contribution in [0.5, 0.6) is 0 Å². The number of piperidine rings is 1. The molecule has 35 heavy (non-hydrogen) atoms. The fourth-order valence-corrected chi connectivity index (χ4v) is 5.00. The maximum absolute atomic E-state index is 13.8. The fourth-order valence-electron chi connectivity index (χ4n) is 5.00. The van der Waals surface area contributed by atoms with Crippen molar-refractivity contribution in [3.8, 4) is 0 Å². The number of carbonyl (C=O) groups is 2. The Labute approximate surface area is 208 Å². The molecular formula is C27H40N4O4. The molecule has 1 aromatic heterocycles. The predicted molar refractivity (Wildman–Crippen MR) is 136 cm³/mol. The molecule has 8 nitrogen and oxygen atoms in total. The molecule has 1 aliphatic heterocycles. The van der Waals surface area contributed by atoms with Gasteiger partial charge in [-0.1, -0.05) is 18.2 Å². The molecule has 192 valence electrons. The van der Waals surface area contributed by atoms with Crippen LogP contribution in [0.2, 0.25) is 0 Å². The Kier molecular flexibility index (Phi) is 7.71. The summed E-state index contributed by atoms with van der Waals surface area (Å²) in [7, 11) is 1.72. The average molecular weight is 485 g/mol. The highest BCUT2D eigenvalue weighted by molar-refractivity contribution is 5.85. The van der Waals surface area contributed by atoms with Crippen LogP contribution >= 0.6 is 0 Å². The molecule has 2 N–H and O–H groups in total. The van der Waals surface area contributed by atoms with Gasteiger partial charge in [0.1, 0.15) is 5.60 Å². The van der Waals surface area contributed by atoms with Crippen LogP contribution in [0.4, 0.5) is 4.79 Å². The molecule has 2 aliphatic rings. The molecule has 0 bridgehead atoms. The zero-order chi connectivity index (χ0) is 25.2. The summed E-state index contributed by atoms with van der Waals surface area (Å²) >= 11 is 0. The Morgan fingerprint density at radius 2 is 1.91 bits per heavy atom. The second-order valence-electron chi connectivity index (χ2n) is 11.0. The number of ether oxygens (including phenoxy) is 2. The number of aromatic nitrogens is 1. The van der Waals surface area contributed by atoms with Crippen LogP contribution in [0.3, 0.4) is 0 Å². The zero-order valence-corrected chi connectivity index (χ0v) is 21.5. The SMILES string of the molecule is COCCCn1cc(CN(C(=O)C2CC(N)CN(C(=O)OC(C)(C)C)C2)C2CC2)c2ccccc21. The summed E-state index contributed by atoms with van der Waals surface area (Å²) in [4.78, 5) is 30.1. The summed E-state index contributed by atoms with van der Waals surface area (Å²) in [6.45, 7) is 8.45. The second-order valence-corrected chi connectivity index (χ2v) is 11.0. The number of rotatable bonds is 8. The molecule has 1 aliphatic carbocycles. The number of benzene rings is 1. The molecule has 8 heteroatoms. The Morgan fingerprint density at radius 3 is 2.60 bits per heavy atom. The monoisotopic (exact) mass is 484 g/mol. The van der Waals surface area contributed by atoms with Gasteiger partial charge < -0.3 is 29.6 Å². The van der Waals surface area contributed by atoms with Gasteiger partial charge in [-0.3, -0.25) is 4.79 Å². The number of hydrogen-bond acceptors (Lipinski definition) is 5. The van der Waals surface area contributed by atoms with E-state index in [-0.39, 0.29) is 23.9 Å². The van der Waals surface area contributed by atoms with Gasteiger partial charge in [-0.25, -0.2) is 4.79 Å². The third kappa shape index (κ3) is 6.35. The number of aryl methyl sites for hydroxylation is 1. The highest BCUT2D eigenvalue weighted by atomic mass is 16.6. The number of likely N-dealkylation sites (tertiary alicyclic amines) is 1. The lowest BCUT2D eigenvalue weighted by molar-refractivity contribution is -0.138. The van der Waals surface area contributed by atoms with Crippen LogP contribution in [0, 0.1) is 5.92 Å². The van der Waals surface area contributed by atoms with Crippen molar-refractivity contribution in [1.82, 2.24) is 14.4 Å². The first-order chi connectivity index (χ1) is 16.7. The van der Waals surface area contributed by atoms with Gasteiger partial charge >= 0.3 is 6.09 Å². The highest BCUT2D eigenvalue weighted by Crippen LogP contribution is 2.33. The number of nitrogens with two attached hydrogens (primary N) is 1. The van der Waals surface area contributed by atoms with Crippen molar-refractivity contribution in [3.05, 3.63) is 36.0 Å². The topological polar surface area (TPSA) is 90.0 Å². The summed E-state index contributed by atoms with van der Waals surface area (Å²) in [6.07, 6.45) is 5.34. The van der Waals surface area contributed by atoms with Gasteiger partial charge in [0.15, 0.2) is 0 Å². The van der Waals surface area contributed by atoms with E-state index in [0.29, 0.717) is 32.7 Å². The molecule has 1 saturated heterocycles. The molecule has 2 fully saturated rings. The maximum atomic E-state index is 13.8. The Bertz CT molecular complexity index is 1040. The molecular weight excluding hydrogens is 444 g/mol. The highest BCUT2D eigenvalue weighted by Gasteiger charge is 2.40. The molecule has 2 aromatic rings. The third-order valence-corrected chi connectivity index (χ3v) is 6.71. The average Bonchev–Trinajstić information content (AvgIpc) is 3.58. The lowest BCUT2D eigenvalue weighted by Crippen LogP contribution is -2.54. The molecule has 0 spiro atoms. The summed E-state index contributed by atoms with van der Waals surface area (Å²) < 4.78 is 13.1. The van der Waals surface area contributed by atoms with Gasteiger partial charge in [0, 0.05) is 69.1 Å². The summed E-state index contributed by atoms with van der Waals surface area (Å²) in [5.41, 5.74) is 8.05. The first-order valence-electron chi connectivity index (χ1n) is 12.8. The van der Waals surface area contributed by atoms with Gasteiger partial charge in [0.2, 0.25) is 5.91 Å². The Morgan fingerprint density at radius 1 is 1.17 bits per heavy atom. The minimum Gasteiger partial charge on any atom is -0.444 e. The predicted octanol–water partition coefficient (Wildman–Crippen LogP) is 3.75. The fraction of sp³-hybridized carbons (Fsp3) is 0.630. The number of amides is 2. The normalized spacial score (nSPS) is 20.8. The van der Waals surface area contributed by atoms with E-state index >= 15 is 0 Å². The number of nitrogens with zero attached hydrogens (tertiary/aromatic N) is 3. The number of carbonyl (C=O) groups excluding carboxylic acids is 2. The summed E-state index contributed by atoms with van der Waals surface area (Å²) in [6, 6.07) is 8.38. The van der Waals surface area contributed by atoms with Crippen molar-refractivity contribution < 1.29 is 19.1 Å². The second kappa shape index (κ2) is 10.6. The van der Waals surface area contributed by atoms with E-state index in [2.05, 4.69) is 29.0 Å². The molecule has 2 atom stereocenters. The van der Waals surface area contributed by atoms with Crippen molar-refractivity contribution in [2.24, 2.45) is 11.7 Å². The number of methoxy groups -OCH3 is 1. The lowest BCUT2D eigenvalue weighted by atomic mass is 9.93. The minimum absolute atomic E-state index is 0.0902. The molecule has 2 unspecified atom stereocenters. The Hall–Kier alpha value is -2.58. The van der Waals surface area contributed by atoms with Gasteiger partial charge in [-0.2, -0.15) is 0 Å². The minimum atomic E-state index is -0.588. The van der Waals surface area contributed by atoms with E-state index in [1.165, 1.54) is 10.9 Å². The van der Waals surface area contributed by atoms with Crippen molar-refractivity contribution in [1.29, 1.82) is 0 Å². The summed E-state index contributed by atoms with van der Waals surface area (Å²) in [5.74, 6) is -0.227. The quantitative estimate of drug-likeness (QED) is 0.577. The molecule has 0 radical (unpaired) electrons. The van der Waals surface area contributed by atoms with Crippen LogP contribution in [0.25, 0.3) is 10.9 Å². The first-order valence-corrected chi connectivity index (χ1v) is 12.8. The smallest absolute Gasteiger partial charge is 0.410 e. The van der Waals surface area contributed by atoms with Gasteiger partial charge in [-0.15, -0.1) is 0 Å². The lowest BCUT2D eigenvalue weighted by Gasteiger charge is -2.38. The first kappa shape index (κ1) is 25.5. The summed E-state index contributed by atoms with van der Waals surface area (Å²) in [5, 5.41) is 1.18. The van der Waals surface area contributed by atoms with Gasteiger partial charge in [0.25, 0.3) is 0 Å². The molecule has 1 aromatic carbocycles. The van der Waals surface area contributed by atoms with Crippen LogP contribution in [0.15, 0.2) is 30.5 Å². The number of para-hydroxylation sites is 1. The third-order valence-electron chi connectivity index (χ3n) is 6.71. The van der Waals surface area contributed by atoms with Crippen molar-refractivity contribution >= 4 is 22.9 Å². The molecule has 1 saturated carbocycles. The Balaban J connectivity index is 1.52. The maximum Gasteiger partial charge on any atom is 0.410 e. The largest absolute Gasteiger partial charge is 0.444 e. The van der Waals surface area contributed by atoms with E-state index in [0.717, 1.165) is 31.4 Å². The molecule has 4 rings (SSSR count). The number of fused-ring (bicyclic) bond motifs is 1. The molecule has 2 heterocycles. The van der Waals surface area contributed by atoms with Gasteiger partial charge in [0.05, 0.1) is 5.92 Å². The van der Waals surface area contributed by atoms with Crippen LogP contribution in [-0.2, 0) is 27.4 Å². The molecule has 2 amide bonds.